The van der Waals surface area contributed by atoms with Crippen molar-refractivity contribution in [1.82, 2.24) is 5.01 Å². The van der Waals surface area contributed by atoms with Crippen molar-refractivity contribution >= 4 is 17.0 Å². The van der Waals surface area contributed by atoms with E-state index in [-0.39, 0.29) is 18.0 Å². The molecule has 2 aliphatic heterocycles. The van der Waals surface area contributed by atoms with Crippen molar-refractivity contribution in [3.05, 3.63) is 69.9 Å². The Balaban J connectivity index is 1.62. The second-order valence-electron chi connectivity index (χ2n) is 6.89. The third-order valence-electron chi connectivity index (χ3n) is 5.30. The summed E-state index contributed by atoms with van der Waals surface area (Å²) >= 11 is 1.63. The molecule has 148 valence electrons. The lowest BCUT2D eigenvalue weighted by Gasteiger charge is -2.38. The molecule has 1 aromatic heterocycles. The average molecular weight is 408 g/mol. The Morgan fingerprint density at radius 2 is 2.03 bits per heavy atom. The van der Waals surface area contributed by atoms with Gasteiger partial charge in [0.15, 0.2) is 11.5 Å². The van der Waals surface area contributed by atoms with Crippen LogP contribution in [0.3, 0.4) is 0 Å². The summed E-state index contributed by atoms with van der Waals surface area (Å²) in [7, 11) is 3.26. The van der Waals surface area contributed by atoms with E-state index in [1.54, 1.807) is 37.7 Å². The quantitative estimate of drug-likeness (QED) is 0.677. The zero-order valence-electron chi connectivity index (χ0n) is 16.0. The second kappa shape index (κ2) is 7.00. The Hall–Kier alpha value is -3.19. The van der Waals surface area contributed by atoms with Crippen LogP contribution in [0.5, 0.6) is 23.0 Å². The first-order valence-corrected chi connectivity index (χ1v) is 10.2. The summed E-state index contributed by atoms with van der Waals surface area (Å²) < 4.78 is 17.3. The van der Waals surface area contributed by atoms with Gasteiger partial charge in [-0.1, -0.05) is 18.2 Å². The highest BCUT2D eigenvalue weighted by molar-refractivity contribution is 7.10. The molecule has 2 aromatic carbocycles. The van der Waals surface area contributed by atoms with Crippen LogP contribution in [0.1, 0.15) is 34.7 Å². The number of rotatable bonds is 4. The topological polar surface area (TPSA) is 63.5 Å². The highest BCUT2D eigenvalue weighted by Gasteiger charge is 2.42. The molecule has 3 aromatic rings. The van der Waals surface area contributed by atoms with Crippen molar-refractivity contribution in [2.45, 2.75) is 18.7 Å². The molecule has 0 fully saturated rings. The lowest BCUT2D eigenvalue weighted by Crippen LogP contribution is -2.33. The van der Waals surface area contributed by atoms with Crippen LogP contribution >= 0.6 is 11.3 Å². The lowest BCUT2D eigenvalue weighted by molar-refractivity contribution is -0.0184. The summed E-state index contributed by atoms with van der Waals surface area (Å²) in [5, 5.41) is 19.3. The van der Waals surface area contributed by atoms with Crippen LogP contribution in [-0.4, -0.2) is 30.0 Å². The zero-order valence-corrected chi connectivity index (χ0v) is 16.8. The van der Waals surface area contributed by atoms with E-state index in [1.165, 1.54) is 0 Å². The van der Waals surface area contributed by atoms with Gasteiger partial charge in [-0.3, -0.25) is 0 Å². The Morgan fingerprint density at radius 1 is 1.14 bits per heavy atom. The molecule has 0 saturated heterocycles. The number of thiophene rings is 1. The molecule has 6 nitrogen and oxygen atoms in total. The minimum atomic E-state index is -0.353. The molecule has 7 heteroatoms. The molecule has 0 aliphatic carbocycles. The number of hydrogen-bond donors (Lipinski definition) is 1. The molecule has 0 radical (unpaired) electrons. The van der Waals surface area contributed by atoms with Crippen molar-refractivity contribution in [2.24, 2.45) is 5.10 Å². The summed E-state index contributed by atoms with van der Waals surface area (Å²) in [5.74, 6) is 2.32. The van der Waals surface area contributed by atoms with Crippen LogP contribution in [0, 0.1) is 0 Å². The van der Waals surface area contributed by atoms with Gasteiger partial charge in [0.2, 0.25) is 6.23 Å². The number of fused-ring (bicyclic) bond motifs is 3. The Bertz CT molecular complexity index is 1080. The number of aromatic hydroxyl groups is 1. The van der Waals surface area contributed by atoms with Crippen molar-refractivity contribution < 1.29 is 19.3 Å². The molecule has 29 heavy (non-hydrogen) atoms. The molecule has 0 amide bonds. The van der Waals surface area contributed by atoms with Gasteiger partial charge in [0.25, 0.3) is 0 Å². The fourth-order valence-corrected chi connectivity index (χ4v) is 4.64. The highest BCUT2D eigenvalue weighted by Crippen LogP contribution is 2.51. The first-order valence-electron chi connectivity index (χ1n) is 9.29. The standard InChI is InChI=1S/C22H20N2O4S/c1-26-13-8-9-18(25)15(11-13)16-12-17-14-5-3-6-19(27-2)21(14)28-22(24(17)23-16)20-7-4-10-29-20/h3-11,17,22,25H,12H2,1-2H3/t17-,22+/m0/s1. The van der Waals surface area contributed by atoms with Gasteiger partial charge in [0.1, 0.15) is 11.5 Å². The highest BCUT2D eigenvalue weighted by atomic mass is 32.1. The van der Waals surface area contributed by atoms with Gasteiger partial charge in [-0.15, -0.1) is 11.3 Å². The summed E-state index contributed by atoms with van der Waals surface area (Å²) in [4.78, 5) is 1.06. The number of phenolic OH excluding ortho intramolecular Hbond substituents is 1. The van der Waals surface area contributed by atoms with Gasteiger partial charge in [0.05, 0.1) is 30.9 Å². The average Bonchev–Trinajstić information content (AvgIpc) is 3.43. The largest absolute Gasteiger partial charge is 0.507 e. The Labute approximate surface area is 172 Å². The minimum absolute atomic E-state index is 0.0125. The molecular formula is C22H20N2O4S. The van der Waals surface area contributed by atoms with Gasteiger partial charge in [-0.25, -0.2) is 5.01 Å². The molecule has 0 saturated carbocycles. The Kier molecular flexibility index (Phi) is 4.32. The van der Waals surface area contributed by atoms with Gasteiger partial charge in [-0.05, 0) is 35.7 Å². The van der Waals surface area contributed by atoms with Crippen LogP contribution in [0.4, 0.5) is 0 Å². The molecular weight excluding hydrogens is 388 g/mol. The van der Waals surface area contributed by atoms with E-state index in [2.05, 4.69) is 0 Å². The van der Waals surface area contributed by atoms with E-state index in [9.17, 15) is 5.11 Å². The summed E-state index contributed by atoms with van der Waals surface area (Å²) in [6.07, 6.45) is 0.292. The first-order chi connectivity index (χ1) is 14.2. The van der Waals surface area contributed by atoms with E-state index in [0.717, 1.165) is 21.9 Å². The van der Waals surface area contributed by atoms with E-state index < -0.39 is 0 Å². The summed E-state index contributed by atoms with van der Waals surface area (Å²) in [6, 6.07) is 15.1. The van der Waals surface area contributed by atoms with Gasteiger partial charge >= 0.3 is 0 Å². The summed E-state index contributed by atoms with van der Waals surface area (Å²) in [5.41, 5.74) is 2.50. The van der Waals surface area contributed by atoms with E-state index in [1.807, 2.05) is 46.8 Å². The fourth-order valence-electron chi connectivity index (χ4n) is 3.90. The molecule has 0 spiro atoms. The molecule has 2 atom stereocenters. The number of para-hydroxylation sites is 1. The maximum absolute atomic E-state index is 10.4. The predicted molar refractivity (Wildman–Crippen MR) is 111 cm³/mol. The first kappa shape index (κ1) is 17.9. The molecule has 5 rings (SSSR count). The Morgan fingerprint density at radius 3 is 2.79 bits per heavy atom. The monoisotopic (exact) mass is 408 g/mol. The van der Waals surface area contributed by atoms with Crippen molar-refractivity contribution in [3.8, 4) is 23.0 Å². The van der Waals surface area contributed by atoms with Crippen LogP contribution in [-0.2, 0) is 0 Å². The zero-order chi connectivity index (χ0) is 20.0. The third-order valence-corrected chi connectivity index (χ3v) is 6.20. The van der Waals surface area contributed by atoms with Crippen LogP contribution in [0.15, 0.2) is 59.0 Å². The third kappa shape index (κ3) is 2.89. The molecule has 1 N–H and O–H groups in total. The fraction of sp³-hybridized carbons (Fsp3) is 0.227. The van der Waals surface area contributed by atoms with E-state index in [0.29, 0.717) is 23.5 Å². The number of hydrazone groups is 1. The maximum Gasteiger partial charge on any atom is 0.223 e. The maximum atomic E-state index is 10.4. The van der Waals surface area contributed by atoms with Gasteiger partial charge < -0.3 is 19.3 Å². The van der Waals surface area contributed by atoms with E-state index in [4.69, 9.17) is 19.3 Å². The van der Waals surface area contributed by atoms with Gasteiger partial charge in [0, 0.05) is 17.5 Å². The minimum Gasteiger partial charge on any atom is -0.507 e. The summed E-state index contributed by atoms with van der Waals surface area (Å²) in [6.45, 7) is 0. The van der Waals surface area contributed by atoms with Crippen LogP contribution in [0.2, 0.25) is 0 Å². The van der Waals surface area contributed by atoms with Crippen molar-refractivity contribution in [2.75, 3.05) is 14.2 Å². The number of ether oxygens (including phenoxy) is 3. The number of benzene rings is 2. The molecule has 2 aliphatic rings. The lowest BCUT2D eigenvalue weighted by atomic mass is 9.95. The number of phenols is 1. The van der Waals surface area contributed by atoms with Crippen molar-refractivity contribution in [3.63, 3.8) is 0 Å². The number of methoxy groups -OCH3 is 2. The molecule has 3 heterocycles. The smallest absolute Gasteiger partial charge is 0.223 e. The van der Waals surface area contributed by atoms with E-state index >= 15 is 0 Å². The number of hydrogen-bond acceptors (Lipinski definition) is 7. The SMILES string of the molecule is COc1ccc(O)c(C2=NN3[C@@H](c4cccs4)Oc4c(OC)cccc4[C@@H]3C2)c1. The second-order valence-corrected chi connectivity index (χ2v) is 7.87. The van der Waals surface area contributed by atoms with Gasteiger partial charge in [-0.2, -0.15) is 5.10 Å². The predicted octanol–water partition coefficient (Wildman–Crippen LogP) is 4.71. The van der Waals surface area contributed by atoms with Crippen LogP contribution < -0.4 is 14.2 Å². The normalized spacial score (nSPS) is 19.8. The number of nitrogens with zero attached hydrogens (tertiary/aromatic N) is 2. The molecule has 0 unspecified atom stereocenters. The van der Waals surface area contributed by atoms with Crippen LogP contribution in [0.25, 0.3) is 0 Å². The molecule has 0 bridgehead atoms. The van der Waals surface area contributed by atoms with Crippen molar-refractivity contribution in [1.29, 1.82) is 0 Å².